The monoisotopic (exact) mass is 389 g/mol. The maximum absolute atomic E-state index is 12.7. The minimum absolute atomic E-state index is 0.278. The van der Waals surface area contributed by atoms with Crippen molar-refractivity contribution >= 4 is 17.6 Å². The highest BCUT2D eigenvalue weighted by molar-refractivity contribution is 6.05. The van der Waals surface area contributed by atoms with E-state index in [0.29, 0.717) is 35.8 Å². The van der Waals surface area contributed by atoms with Crippen molar-refractivity contribution in [2.75, 3.05) is 11.9 Å². The summed E-state index contributed by atoms with van der Waals surface area (Å²) in [5.74, 6) is -0.0860. The van der Waals surface area contributed by atoms with Gasteiger partial charge in [0.2, 0.25) is 0 Å². The Morgan fingerprint density at radius 1 is 0.897 bits per heavy atom. The van der Waals surface area contributed by atoms with Gasteiger partial charge in [0, 0.05) is 11.3 Å². The van der Waals surface area contributed by atoms with Gasteiger partial charge in [-0.15, -0.1) is 0 Å². The molecule has 29 heavy (non-hydrogen) atoms. The van der Waals surface area contributed by atoms with Gasteiger partial charge in [0.05, 0.1) is 12.2 Å². The fourth-order valence-corrected chi connectivity index (χ4v) is 2.76. The Morgan fingerprint density at radius 3 is 2.45 bits per heavy atom. The minimum atomic E-state index is -0.417. The molecule has 0 fully saturated rings. The molecule has 5 nitrogen and oxygen atoms in total. The molecule has 0 spiro atoms. The highest BCUT2D eigenvalue weighted by Gasteiger charge is 2.13. The predicted molar refractivity (Wildman–Crippen MR) is 112 cm³/mol. The summed E-state index contributed by atoms with van der Waals surface area (Å²) in [6.45, 7) is 4.34. The first-order chi connectivity index (χ1) is 14.1. The fourth-order valence-electron chi connectivity index (χ4n) is 2.76. The van der Waals surface area contributed by atoms with Gasteiger partial charge >= 0.3 is 5.97 Å². The lowest BCUT2D eigenvalue weighted by molar-refractivity contribution is 0.0526. The van der Waals surface area contributed by atoms with Crippen LogP contribution in [0.1, 0.15) is 38.8 Å². The lowest BCUT2D eigenvalue weighted by Gasteiger charge is -2.12. The summed E-state index contributed by atoms with van der Waals surface area (Å²) in [5.41, 5.74) is 3.33. The Morgan fingerprint density at radius 2 is 1.69 bits per heavy atom. The average Bonchev–Trinajstić information content (AvgIpc) is 2.75. The van der Waals surface area contributed by atoms with Crippen molar-refractivity contribution in [1.82, 2.24) is 0 Å². The Kier molecular flexibility index (Phi) is 6.63. The van der Waals surface area contributed by atoms with Gasteiger partial charge in [0.15, 0.2) is 0 Å². The SMILES string of the molecule is CCOC(=O)c1ccc(C)c(NC(=O)c2cccc(OCc3ccccc3)c2)c1. The van der Waals surface area contributed by atoms with Crippen molar-refractivity contribution < 1.29 is 19.1 Å². The van der Waals surface area contributed by atoms with Gasteiger partial charge in [-0.2, -0.15) is 0 Å². The summed E-state index contributed by atoms with van der Waals surface area (Å²) in [7, 11) is 0. The third-order valence-corrected chi connectivity index (χ3v) is 4.34. The van der Waals surface area contributed by atoms with E-state index in [2.05, 4.69) is 5.32 Å². The number of carbonyl (C=O) groups excluding carboxylic acids is 2. The van der Waals surface area contributed by atoms with Crippen LogP contribution in [0.3, 0.4) is 0 Å². The van der Waals surface area contributed by atoms with Crippen LogP contribution in [-0.2, 0) is 11.3 Å². The first-order valence-electron chi connectivity index (χ1n) is 9.42. The molecule has 148 valence electrons. The van der Waals surface area contributed by atoms with Crippen LogP contribution >= 0.6 is 0 Å². The Hall–Kier alpha value is -3.60. The normalized spacial score (nSPS) is 10.3. The van der Waals surface area contributed by atoms with Crippen LogP contribution < -0.4 is 10.1 Å². The van der Waals surface area contributed by atoms with Crippen molar-refractivity contribution in [3.8, 4) is 5.75 Å². The van der Waals surface area contributed by atoms with Gasteiger partial charge in [-0.25, -0.2) is 4.79 Å². The summed E-state index contributed by atoms with van der Waals surface area (Å²) in [6, 6.07) is 21.9. The Bertz CT molecular complexity index is 999. The van der Waals surface area contributed by atoms with Crippen LogP contribution in [0.2, 0.25) is 0 Å². The van der Waals surface area contributed by atoms with E-state index in [1.54, 1.807) is 43.3 Å². The fraction of sp³-hybridized carbons (Fsp3) is 0.167. The molecule has 0 heterocycles. The molecule has 3 aromatic rings. The summed E-state index contributed by atoms with van der Waals surface area (Å²) in [6.07, 6.45) is 0. The molecule has 3 rings (SSSR count). The largest absolute Gasteiger partial charge is 0.489 e. The van der Waals surface area contributed by atoms with Crippen molar-refractivity contribution in [1.29, 1.82) is 0 Å². The van der Waals surface area contributed by atoms with Gasteiger partial charge in [-0.1, -0.05) is 42.5 Å². The van der Waals surface area contributed by atoms with Crippen LogP contribution in [0.15, 0.2) is 72.8 Å². The summed E-state index contributed by atoms with van der Waals surface area (Å²) < 4.78 is 10.8. The molecule has 1 amide bonds. The van der Waals surface area contributed by atoms with Gasteiger partial charge in [0.25, 0.3) is 5.91 Å². The van der Waals surface area contributed by atoms with Crippen molar-refractivity contribution in [2.24, 2.45) is 0 Å². The van der Waals surface area contributed by atoms with Crippen LogP contribution in [-0.4, -0.2) is 18.5 Å². The summed E-state index contributed by atoms with van der Waals surface area (Å²) in [4.78, 5) is 24.7. The van der Waals surface area contributed by atoms with E-state index in [9.17, 15) is 9.59 Å². The van der Waals surface area contributed by atoms with E-state index < -0.39 is 5.97 Å². The standard InChI is InChI=1S/C24H23NO4/c1-3-28-24(27)20-13-12-17(2)22(15-20)25-23(26)19-10-7-11-21(14-19)29-16-18-8-5-4-6-9-18/h4-15H,3,16H2,1-2H3,(H,25,26). The molecular formula is C24H23NO4. The van der Waals surface area contributed by atoms with Gasteiger partial charge in [-0.3, -0.25) is 4.79 Å². The number of aryl methyl sites for hydroxylation is 1. The van der Waals surface area contributed by atoms with Crippen LogP contribution in [0.5, 0.6) is 5.75 Å². The summed E-state index contributed by atoms with van der Waals surface area (Å²) >= 11 is 0. The molecular weight excluding hydrogens is 366 g/mol. The second-order valence-corrected chi connectivity index (χ2v) is 6.51. The molecule has 3 aromatic carbocycles. The molecule has 0 atom stereocenters. The number of ether oxygens (including phenoxy) is 2. The number of rotatable bonds is 7. The highest BCUT2D eigenvalue weighted by atomic mass is 16.5. The van der Waals surface area contributed by atoms with Crippen LogP contribution in [0, 0.1) is 6.92 Å². The van der Waals surface area contributed by atoms with Gasteiger partial charge in [-0.05, 0) is 55.3 Å². The van der Waals surface area contributed by atoms with E-state index in [1.165, 1.54) is 0 Å². The molecule has 5 heteroatoms. The number of amides is 1. The third-order valence-electron chi connectivity index (χ3n) is 4.34. The predicted octanol–water partition coefficient (Wildman–Crippen LogP) is 5.00. The second kappa shape index (κ2) is 9.55. The zero-order valence-electron chi connectivity index (χ0n) is 16.5. The van der Waals surface area contributed by atoms with Crippen LogP contribution in [0.4, 0.5) is 5.69 Å². The smallest absolute Gasteiger partial charge is 0.338 e. The number of esters is 1. The lowest BCUT2D eigenvalue weighted by atomic mass is 10.1. The average molecular weight is 389 g/mol. The number of carbonyl (C=O) groups is 2. The third kappa shape index (κ3) is 5.45. The molecule has 0 aliphatic heterocycles. The number of hydrogen-bond donors (Lipinski definition) is 1. The number of anilines is 1. The number of nitrogens with one attached hydrogen (secondary N) is 1. The zero-order valence-corrected chi connectivity index (χ0v) is 16.5. The van der Waals surface area contributed by atoms with E-state index in [4.69, 9.17) is 9.47 Å². The zero-order chi connectivity index (χ0) is 20.6. The molecule has 1 N–H and O–H groups in total. The molecule has 0 saturated carbocycles. The lowest BCUT2D eigenvalue weighted by Crippen LogP contribution is -2.14. The first-order valence-corrected chi connectivity index (χ1v) is 9.42. The van der Waals surface area contributed by atoms with E-state index in [-0.39, 0.29) is 5.91 Å². The molecule has 0 radical (unpaired) electrons. The Balaban J connectivity index is 1.71. The molecule has 0 aliphatic carbocycles. The Labute approximate surface area is 170 Å². The molecule has 0 bridgehead atoms. The van der Waals surface area contributed by atoms with Gasteiger partial charge in [0.1, 0.15) is 12.4 Å². The quantitative estimate of drug-likeness (QED) is 0.578. The van der Waals surface area contributed by atoms with Crippen molar-refractivity contribution in [3.05, 3.63) is 95.1 Å². The van der Waals surface area contributed by atoms with Crippen LogP contribution in [0.25, 0.3) is 0 Å². The second-order valence-electron chi connectivity index (χ2n) is 6.51. The maximum atomic E-state index is 12.7. The molecule has 0 aromatic heterocycles. The summed E-state index contributed by atoms with van der Waals surface area (Å²) in [5, 5.41) is 2.86. The van der Waals surface area contributed by atoms with E-state index >= 15 is 0 Å². The first kappa shape index (κ1) is 20.1. The molecule has 0 saturated heterocycles. The van der Waals surface area contributed by atoms with Crippen molar-refractivity contribution in [2.45, 2.75) is 20.5 Å². The van der Waals surface area contributed by atoms with Crippen molar-refractivity contribution in [3.63, 3.8) is 0 Å². The number of benzene rings is 3. The van der Waals surface area contributed by atoms with E-state index in [0.717, 1.165) is 11.1 Å². The maximum Gasteiger partial charge on any atom is 0.338 e. The molecule has 0 aliphatic rings. The van der Waals surface area contributed by atoms with E-state index in [1.807, 2.05) is 43.3 Å². The molecule has 0 unspecified atom stereocenters. The van der Waals surface area contributed by atoms with Gasteiger partial charge < -0.3 is 14.8 Å². The topological polar surface area (TPSA) is 64.6 Å². The number of hydrogen-bond acceptors (Lipinski definition) is 4. The minimum Gasteiger partial charge on any atom is -0.489 e. The highest BCUT2D eigenvalue weighted by Crippen LogP contribution is 2.20.